The van der Waals surface area contributed by atoms with Crippen LogP contribution in [0.4, 0.5) is 0 Å². The lowest BCUT2D eigenvalue weighted by Crippen LogP contribution is -2.09. The van der Waals surface area contributed by atoms with Crippen LogP contribution in [0.25, 0.3) is 0 Å². The fourth-order valence-electron chi connectivity index (χ4n) is 1.20. The smallest absolute Gasteiger partial charge is 0.220 e. The number of carbonyl (C=O) groups excluding carboxylic acids is 1. The van der Waals surface area contributed by atoms with Crippen LogP contribution in [0, 0.1) is 0 Å². The molecule has 0 saturated heterocycles. The van der Waals surface area contributed by atoms with E-state index in [0.717, 1.165) is 10.0 Å². The van der Waals surface area contributed by atoms with Crippen molar-refractivity contribution in [2.75, 3.05) is 12.4 Å². The first kappa shape index (κ1) is 14.7. The molecule has 1 aromatic rings. The average Bonchev–Trinajstić information content (AvgIpc) is 2.30. The first-order chi connectivity index (χ1) is 8.13. The minimum atomic E-state index is 0.143. The number of hydrogen-bond donors (Lipinski definition) is 0. The Balaban J connectivity index is 2.40. The molecule has 92 valence electrons. The van der Waals surface area contributed by atoms with Gasteiger partial charge < -0.3 is 4.74 Å². The van der Waals surface area contributed by atoms with E-state index < -0.39 is 0 Å². The second kappa shape index (κ2) is 7.84. The largest absolute Gasteiger partial charge is 0.479 e. The zero-order chi connectivity index (χ0) is 12.7. The minimum absolute atomic E-state index is 0.143. The number of Topliss-reactive ketones (excluding diaryl/α,β-unsaturated/α-hetero) is 1. The summed E-state index contributed by atoms with van der Waals surface area (Å²) < 4.78 is 6.50. The number of thioether (sulfide) groups is 1. The van der Waals surface area contributed by atoms with Crippen molar-refractivity contribution in [3.8, 4) is 0 Å². The zero-order valence-electron chi connectivity index (χ0n) is 9.44. The Kier molecular flexibility index (Phi) is 6.77. The van der Waals surface area contributed by atoms with E-state index in [9.17, 15) is 4.79 Å². The first-order valence-corrected chi connectivity index (χ1v) is 7.36. The lowest BCUT2D eigenvalue weighted by Gasteiger charge is -2.05. The Morgan fingerprint density at radius 2 is 2.18 bits per heavy atom. The molecule has 0 aliphatic heterocycles. The summed E-state index contributed by atoms with van der Waals surface area (Å²) in [7, 11) is 0. The van der Waals surface area contributed by atoms with E-state index in [1.54, 1.807) is 0 Å². The van der Waals surface area contributed by atoms with E-state index in [2.05, 4.69) is 15.9 Å². The molecule has 0 N–H and O–H groups in total. The number of ether oxygens (including phenoxy) is 1. The Morgan fingerprint density at radius 1 is 1.47 bits per heavy atom. The molecule has 0 aliphatic rings. The van der Waals surface area contributed by atoms with Crippen molar-refractivity contribution in [2.24, 2.45) is 0 Å². The molecule has 0 amide bonds. The van der Waals surface area contributed by atoms with Gasteiger partial charge in [-0.25, -0.2) is 0 Å². The average molecular weight is 333 g/mol. The van der Waals surface area contributed by atoms with Crippen LogP contribution in [0.2, 0.25) is 0 Å². The molecule has 5 heteroatoms. The van der Waals surface area contributed by atoms with E-state index in [1.807, 2.05) is 31.2 Å². The van der Waals surface area contributed by atoms with E-state index in [1.165, 1.54) is 11.8 Å². The molecule has 0 heterocycles. The van der Waals surface area contributed by atoms with E-state index in [4.69, 9.17) is 17.0 Å². The summed E-state index contributed by atoms with van der Waals surface area (Å²) in [5.41, 5.74) is 1.00. The third kappa shape index (κ3) is 5.66. The molecule has 0 bridgehead atoms. The molecule has 2 nitrogen and oxygen atoms in total. The molecule has 17 heavy (non-hydrogen) atoms. The van der Waals surface area contributed by atoms with Crippen LogP contribution < -0.4 is 0 Å². The van der Waals surface area contributed by atoms with Gasteiger partial charge in [0.25, 0.3) is 0 Å². The van der Waals surface area contributed by atoms with Crippen LogP contribution in [0.5, 0.6) is 0 Å². The van der Waals surface area contributed by atoms with Gasteiger partial charge in [0.15, 0.2) is 0 Å². The van der Waals surface area contributed by atoms with Crippen molar-refractivity contribution >= 4 is 50.1 Å². The summed E-state index contributed by atoms with van der Waals surface area (Å²) >= 11 is 9.64. The highest BCUT2D eigenvalue weighted by Crippen LogP contribution is 2.17. The van der Waals surface area contributed by atoms with Gasteiger partial charge in [0.05, 0.1) is 12.4 Å². The van der Waals surface area contributed by atoms with Crippen molar-refractivity contribution in [1.29, 1.82) is 0 Å². The van der Waals surface area contributed by atoms with Gasteiger partial charge in [0.2, 0.25) is 4.38 Å². The first-order valence-electron chi connectivity index (χ1n) is 5.18. The number of thiocarbonyl (C=S) groups is 1. The highest BCUT2D eigenvalue weighted by molar-refractivity contribution is 9.10. The predicted octanol–water partition coefficient (Wildman–Crippen LogP) is 3.62. The molecule has 0 aliphatic carbocycles. The number of carbonyl (C=O) groups is 1. The van der Waals surface area contributed by atoms with Crippen LogP contribution in [0.15, 0.2) is 28.7 Å². The molecule has 1 aromatic carbocycles. The SMILES string of the molecule is CCOC(=S)SCC(=O)Cc1ccccc1Br. The molecule has 0 radical (unpaired) electrons. The number of hydrogen-bond acceptors (Lipinski definition) is 4. The maximum absolute atomic E-state index is 11.7. The molecule has 0 spiro atoms. The van der Waals surface area contributed by atoms with Gasteiger partial charge in [-0.1, -0.05) is 45.9 Å². The predicted molar refractivity (Wildman–Crippen MR) is 79.5 cm³/mol. The third-order valence-corrected chi connectivity index (χ3v) is 4.02. The second-order valence-corrected chi connectivity index (χ2v) is 5.71. The summed E-state index contributed by atoms with van der Waals surface area (Å²) in [5, 5.41) is 0. The van der Waals surface area contributed by atoms with Gasteiger partial charge in [-0.05, 0) is 30.8 Å². The fraction of sp³-hybridized carbons (Fsp3) is 0.333. The Morgan fingerprint density at radius 3 is 2.82 bits per heavy atom. The van der Waals surface area contributed by atoms with Gasteiger partial charge in [-0.2, -0.15) is 0 Å². The van der Waals surface area contributed by atoms with Crippen LogP contribution >= 0.6 is 39.9 Å². The summed E-state index contributed by atoms with van der Waals surface area (Å²) in [6.07, 6.45) is 0.420. The van der Waals surface area contributed by atoms with Crippen molar-refractivity contribution in [3.63, 3.8) is 0 Å². The minimum Gasteiger partial charge on any atom is -0.479 e. The summed E-state index contributed by atoms with van der Waals surface area (Å²) in [4.78, 5) is 11.7. The molecule has 0 saturated carbocycles. The van der Waals surface area contributed by atoms with Crippen molar-refractivity contribution in [1.82, 2.24) is 0 Å². The lowest BCUT2D eigenvalue weighted by molar-refractivity contribution is -0.116. The zero-order valence-corrected chi connectivity index (χ0v) is 12.7. The van der Waals surface area contributed by atoms with Gasteiger partial charge >= 0.3 is 0 Å². The maximum Gasteiger partial charge on any atom is 0.220 e. The van der Waals surface area contributed by atoms with Gasteiger partial charge in [-0.3, -0.25) is 4.79 Å². The topological polar surface area (TPSA) is 26.3 Å². The fourth-order valence-corrected chi connectivity index (χ4v) is 2.51. The van der Waals surface area contributed by atoms with E-state index in [-0.39, 0.29) is 5.78 Å². The highest BCUT2D eigenvalue weighted by Gasteiger charge is 2.08. The van der Waals surface area contributed by atoms with Crippen LogP contribution in [-0.4, -0.2) is 22.5 Å². The molecule has 0 atom stereocenters. The Bertz CT molecular complexity index is 407. The number of ketones is 1. The second-order valence-electron chi connectivity index (χ2n) is 3.28. The van der Waals surface area contributed by atoms with Gasteiger partial charge in [0.1, 0.15) is 5.78 Å². The summed E-state index contributed by atoms with van der Waals surface area (Å²) in [5.74, 6) is 0.504. The molecule has 0 aromatic heterocycles. The van der Waals surface area contributed by atoms with Crippen LogP contribution in [-0.2, 0) is 16.0 Å². The number of halogens is 1. The Labute approximate surface area is 119 Å². The molecular formula is C12H13BrO2S2. The van der Waals surface area contributed by atoms with Gasteiger partial charge in [-0.15, -0.1) is 0 Å². The monoisotopic (exact) mass is 332 g/mol. The molecule has 0 fully saturated rings. The van der Waals surface area contributed by atoms with Crippen molar-refractivity contribution < 1.29 is 9.53 Å². The quantitative estimate of drug-likeness (QED) is 0.769. The normalized spacial score (nSPS) is 10.0. The summed E-state index contributed by atoms with van der Waals surface area (Å²) in [6, 6.07) is 7.72. The Hall–Kier alpha value is -0.390. The molecular weight excluding hydrogens is 320 g/mol. The number of rotatable bonds is 5. The van der Waals surface area contributed by atoms with Crippen LogP contribution in [0.3, 0.4) is 0 Å². The highest BCUT2D eigenvalue weighted by atomic mass is 79.9. The third-order valence-electron chi connectivity index (χ3n) is 1.96. The van der Waals surface area contributed by atoms with E-state index in [0.29, 0.717) is 23.2 Å². The number of benzene rings is 1. The maximum atomic E-state index is 11.7. The van der Waals surface area contributed by atoms with Crippen molar-refractivity contribution in [2.45, 2.75) is 13.3 Å². The molecule has 0 unspecified atom stereocenters. The van der Waals surface area contributed by atoms with E-state index >= 15 is 0 Å². The van der Waals surface area contributed by atoms with Crippen molar-refractivity contribution in [3.05, 3.63) is 34.3 Å². The van der Waals surface area contributed by atoms with Gasteiger partial charge in [0, 0.05) is 10.9 Å². The lowest BCUT2D eigenvalue weighted by atomic mass is 10.1. The standard InChI is InChI=1S/C12H13BrO2S2/c1-2-15-12(16)17-8-10(14)7-9-5-3-4-6-11(9)13/h3-6H,2,7-8H2,1H3. The molecule has 1 rings (SSSR count). The van der Waals surface area contributed by atoms with Crippen LogP contribution in [0.1, 0.15) is 12.5 Å². The summed E-state index contributed by atoms with van der Waals surface area (Å²) in [6.45, 7) is 2.42.